The van der Waals surface area contributed by atoms with Crippen LogP contribution in [0.1, 0.15) is 56.3 Å². The second-order valence-electron chi connectivity index (χ2n) is 7.89. The highest BCUT2D eigenvalue weighted by Gasteiger charge is 2.26. The molecule has 1 aliphatic rings. The van der Waals surface area contributed by atoms with Crippen molar-refractivity contribution in [3.05, 3.63) is 82.2 Å². The molecule has 7 heteroatoms. The molecule has 0 saturated carbocycles. The SMILES string of the molecule is Cc1c(C(=O)Nc2ccc3nc(Cc4ccccc4F)[nH]c3c2)[nH]c2c1C(=O)CCC2. The first kappa shape index (κ1) is 19.2. The Kier molecular flexibility index (Phi) is 4.66. The summed E-state index contributed by atoms with van der Waals surface area (Å²) in [6.45, 7) is 1.81. The zero-order valence-corrected chi connectivity index (χ0v) is 17.0. The molecule has 2 aromatic carbocycles. The van der Waals surface area contributed by atoms with E-state index in [9.17, 15) is 14.0 Å². The number of aryl methyl sites for hydroxylation is 1. The minimum Gasteiger partial charge on any atom is -0.354 e. The summed E-state index contributed by atoms with van der Waals surface area (Å²) in [5, 5.41) is 2.89. The molecule has 0 bridgehead atoms. The minimum absolute atomic E-state index is 0.0929. The van der Waals surface area contributed by atoms with Crippen LogP contribution in [-0.2, 0) is 12.8 Å². The molecule has 0 radical (unpaired) electrons. The first-order chi connectivity index (χ1) is 15.0. The second kappa shape index (κ2) is 7.50. The van der Waals surface area contributed by atoms with E-state index in [4.69, 9.17) is 0 Å². The fourth-order valence-electron chi connectivity index (χ4n) is 4.24. The molecule has 0 fully saturated rings. The quantitative estimate of drug-likeness (QED) is 0.450. The lowest BCUT2D eigenvalue weighted by atomic mass is 9.94. The van der Waals surface area contributed by atoms with Crippen molar-refractivity contribution in [1.29, 1.82) is 0 Å². The van der Waals surface area contributed by atoms with Gasteiger partial charge in [0.2, 0.25) is 0 Å². The van der Waals surface area contributed by atoms with Gasteiger partial charge in [-0.05, 0) is 55.2 Å². The highest BCUT2D eigenvalue weighted by Crippen LogP contribution is 2.27. The zero-order chi connectivity index (χ0) is 21.5. The number of aromatic nitrogens is 3. The van der Waals surface area contributed by atoms with E-state index in [0.717, 1.165) is 29.6 Å². The van der Waals surface area contributed by atoms with E-state index in [0.29, 0.717) is 46.7 Å². The largest absolute Gasteiger partial charge is 0.354 e. The lowest BCUT2D eigenvalue weighted by Gasteiger charge is -2.09. The second-order valence-corrected chi connectivity index (χ2v) is 7.89. The third kappa shape index (κ3) is 3.52. The first-order valence-electron chi connectivity index (χ1n) is 10.3. The number of anilines is 1. The van der Waals surface area contributed by atoms with Crippen molar-refractivity contribution in [2.24, 2.45) is 0 Å². The average Bonchev–Trinajstić information content (AvgIpc) is 3.30. The Balaban J connectivity index is 1.38. The number of Topliss-reactive ketones (excluding diaryl/α,β-unsaturated/α-hetero) is 1. The monoisotopic (exact) mass is 416 g/mol. The van der Waals surface area contributed by atoms with Crippen LogP contribution < -0.4 is 5.32 Å². The summed E-state index contributed by atoms with van der Waals surface area (Å²) in [5.41, 5.74) is 5.30. The van der Waals surface area contributed by atoms with Crippen molar-refractivity contribution >= 4 is 28.4 Å². The topological polar surface area (TPSA) is 90.6 Å². The van der Waals surface area contributed by atoms with Crippen LogP contribution in [0.15, 0.2) is 42.5 Å². The first-order valence-corrected chi connectivity index (χ1v) is 10.3. The van der Waals surface area contributed by atoms with Gasteiger partial charge in [0.05, 0.1) is 11.0 Å². The summed E-state index contributed by atoms with van der Waals surface area (Å²) < 4.78 is 13.9. The molecular weight excluding hydrogens is 395 g/mol. The number of fused-ring (bicyclic) bond motifs is 2. The van der Waals surface area contributed by atoms with Crippen molar-refractivity contribution in [2.75, 3.05) is 5.32 Å². The van der Waals surface area contributed by atoms with Gasteiger partial charge in [0.1, 0.15) is 17.3 Å². The van der Waals surface area contributed by atoms with Crippen LogP contribution in [0.2, 0.25) is 0 Å². The molecule has 0 saturated heterocycles. The summed E-state index contributed by atoms with van der Waals surface area (Å²) in [6.07, 6.45) is 2.46. The van der Waals surface area contributed by atoms with Crippen molar-refractivity contribution in [1.82, 2.24) is 15.0 Å². The Morgan fingerprint density at radius 3 is 2.81 bits per heavy atom. The van der Waals surface area contributed by atoms with Gasteiger partial charge in [-0.3, -0.25) is 9.59 Å². The molecule has 1 amide bonds. The Hall–Kier alpha value is -3.74. The molecular formula is C24H21FN4O2. The average molecular weight is 416 g/mol. The van der Waals surface area contributed by atoms with Gasteiger partial charge in [0, 0.05) is 29.8 Å². The van der Waals surface area contributed by atoms with E-state index in [-0.39, 0.29) is 17.5 Å². The molecule has 5 rings (SSSR count). The van der Waals surface area contributed by atoms with Crippen molar-refractivity contribution < 1.29 is 14.0 Å². The number of H-pyrrole nitrogens is 2. The van der Waals surface area contributed by atoms with Gasteiger partial charge in [0.15, 0.2) is 5.78 Å². The molecule has 3 N–H and O–H groups in total. The van der Waals surface area contributed by atoms with Gasteiger partial charge in [0.25, 0.3) is 5.91 Å². The standard InChI is InChI=1S/C24H21FN4O2/c1-13-22-18(7-4-8-20(22)30)29-23(13)24(31)26-15-9-10-17-19(12-15)28-21(27-17)11-14-5-2-3-6-16(14)25/h2-3,5-6,9-10,12,29H,4,7-8,11H2,1H3,(H,26,31)(H,27,28). The number of benzene rings is 2. The van der Waals surface area contributed by atoms with Gasteiger partial charge < -0.3 is 15.3 Å². The third-order valence-corrected chi connectivity index (χ3v) is 5.77. The van der Waals surface area contributed by atoms with Crippen LogP contribution in [0.5, 0.6) is 0 Å². The number of hydrogen-bond donors (Lipinski definition) is 3. The number of carbonyl (C=O) groups excluding carboxylic acids is 2. The van der Waals surface area contributed by atoms with E-state index in [2.05, 4.69) is 20.3 Å². The summed E-state index contributed by atoms with van der Waals surface area (Å²) in [5.74, 6) is 0.189. The maximum absolute atomic E-state index is 13.9. The van der Waals surface area contributed by atoms with Gasteiger partial charge in [-0.15, -0.1) is 0 Å². The minimum atomic E-state index is -0.287. The molecule has 31 heavy (non-hydrogen) atoms. The number of nitrogens with one attached hydrogen (secondary N) is 3. The van der Waals surface area contributed by atoms with E-state index in [1.807, 2.05) is 6.07 Å². The van der Waals surface area contributed by atoms with Crippen LogP contribution in [-0.4, -0.2) is 26.6 Å². The van der Waals surface area contributed by atoms with Crippen LogP contribution in [0, 0.1) is 12.7 Å². The number of halogens is 1. The van der Waals surface area contributed by atoms with E-state index >= 15 is 0 Å². The third-order valence-electron chi connectivity index (χ3n) is 5.77. The molecule has 0 atom stereocenters. The van der Waals surface area contributed by atoms with Crippen molar-refractivity contribution in [3.8, 4) is 0 Å². The number of rotatable bonds is 4. The van der Waals surface area contributed by atoms with Gasteiger partial charge in [-0.1, -0.05) is 18.2 Å². The van der Waals surface area contributed by atoms with E-state index < -0.39 is 0 Å². The molecule has 2 aromatic heterocycles. The molecule has 0 aliphatic heterocycles. The molecule has 1 aliphatic carbocycles. The lowest BCUT2D eigenvalue weighted by Crippen LogP contribution is -2.14. The van der Waals surface area contributed by atoms with Gasteiger partial charge >= 0.3 is 0 Å². The predicted molar refractivity (Wildman–Crippen MR) is 116 cm³/mol. The Bertz CT molecular complexity index is 1330. The van der Waals surface area contributed by atoms with Gasteiger partial charge in [-0.25, -0.2) is 9.37 Å². The van der Waals surface area contributed by atoms with Crippen molar-refractivity contribution in [3.63, 3.8) is 0 Å². The molecule has 0 unspecified atom stereocenters. The normalized spacial score (nSPS) is 13.4. The van der Waals surface area contributed by atoms with E-state index in [1.54, 1.807) is 37.3 Å². The summed E-state index contributed by atoms with van der Waals surface area (Å²) >= 11 is 0. The highest BCUT2D eigenvalue weighted by atomic mass is 19.1. The number of imidazole rings is 1. The Labute approximate surface area is 177 Å². The number of ketones is 1. The molecule has 156 valence electrons. The summed E-state index contributed by atoms with van der Waals surface area (Å²) in [6, 6.07) is 12.0. The Morgan fingerprint density at radius 1 is 1.16 bits per heavy atom. The van der Waals surface area contributed by atoms with Crippen LogP contribution in [0.4, 0.5) is 10.1 Å². The van der Waals surface area contributed by atoms with Crippen LogP contribution in [0.25, 0.3) is 11.0 Å². The van der Waals surface area contributed by atoms with Crippen LogP contribution in [0.3, 0.4) is 0 Å². The summed E-state index contributed by atoms with van der Waals surface area (Å²) in [4.78, 5) is 35.9. The zero-order valence-electron chi connectivity index (χ0n) is 17.0. The molecule has 0 spiro atoms. The number of aromatic amines is 2. The fourth-order valence-corrected chi connectivity index (χ4v) is 4.24. The molecule has 2 heterocycles. The predicted octanol–water partition coefficient (Wildman–Crippen LogP) is 4.70. The lowest BCUT2D eigenvalue weighted by molar-refractivity contribution is 0.0971. The fraction of sp³-hybridized carbons (Fsp3) is 0.208. The number of amides is 1. The van der Waals surface area contributed by atoms with Gasteiger partial charge in [-0.2, -0.15) is 0 Å². The smallest absolute Gasteiger partial charge is 0.272 e. The van der Waals surface area contributed by atoms with E-state index in [1.165, 1.54) is 6.07 Å². The maximum atomic E-state index is 13.9. The van der Waals surface area contributed by atoms with Crippen molar-refractivity contribution in [2.45, 2.75) is 32.6 Å². The van der Waals surface area contributed by atoms with Crippen LogP contribution >= 0.6 is 0 Å². The number of nitrogens with zero attached hydrogens (tertiary/aromatic N) is 1. The maximum Gasteiger partial charge on any atom is 0.272 e. The molecule has 6 nitrogen and oxygen atoms in total. The summed E-state index contributed by atoms with van der Waals surface area (Å²) in [7, 11) is 0. The number of hydrogen-bond acceptors (Lipinski definition) is 3. The molecule has 4 aromatic rings. The number of carbonyl (C=O) groups is 2. The highest BCUT2D eigenvalue weighted by molar-refractivity contribution is 6.08. The Morgan fingerprint density at radius 2 is 2.00 bits per heavy atom.